The lowest BCUT2D eigenvalue weighted by molar-refractivity contribution is -0.130. The first-order valence-corrected chi connectivity index (χ1v) is 8.75. The minimum atomic E-state index is -0.749. The van der Waals surface area contributed by atoms with Crippen LogP contribution in [0.4, 0.5) is 0 Å². The van der Waals surface area contributed by atoms with Gasteiger partial charge in [-0.25, -0.2) is 0 Å². The highest BCUT2D eigenvalue weighted by Crippen LogP contribution is 2.38. The van der Waals surface area contributed by atoms with Gasteiger partial charge in [-0.2, -0.15) is 0 Å². The average Bonchev–Trinajstić information content (AvgIpc) is 3.15. The van der Waals surface area contributed by atoms with Crippen LogP contribution in [0.2, 0.25) is 0 Å². The lowest BCUT2D eigenvalue weighted by Gasteiger charge is -2.36. The Balaban J connectivity index is 2.58. The first-order chi connectivity index (χ1) is 12.1. The number of carbonyl (C=O) groups excluding carboxylic acids is 1. The summed E-state index contributed by atoms with van der Waals surface area (Å²) in [5, 5.41) is 10.8. The summed E-state index contributed by atoms with van der Waals surface area (Å²) in [6.07, 6.45) is 2.65. The molecule has 0 aliphatic heterocycles. The van der Waals surface area contributed by atoms with Gasteiger partial charge in [-0.1, -0.05) is 45.0 Å². The fraction of sp³-hybridized carbons (Fsp3) is 0.429. The second-order valence-corrected chi connectivity index (χ2v) is 7.81. The minimum absolute atomic E-state index is 0.0388. The van der Waals surface area contributed by atoms with E-state index in [4.69, 9.17) is 9.83 Å². The van der Waals surface area contributed by atoms with Crippen molar-refractivity contribution in [2.45, 2.75) is 44.6 Å². The van der Waals surface area contributed by atoms with Crippen molar-refractivity contribution in [1.82, 2.24) is 10.2 Å². The number of benzene rings is 1. The van der Waals surface area contributed by atoms with Crippen LogP contribution >= 0.6 is 0 Å². The number of hydrogen-bond donors (Lipinski definition) is 2. The van der Waals surface area contributed by atoms with Crippen molar-refractivity contribution in [2.24, 2.45) is 0 Å². The second kappa shape index (κ2) is 7.46. The molecule has 1 heterocycles. The van der Waals surface area contributed by atoms with Crippen LogP contribution in [0.1, 0.15) is 50.5 Å². The normalized spacial score (nSPS) is 15.2. The van der Waals surface area contributed by atoms with Gasteiger partial charge in [-0.15, -0.1) is 0 Å². The molecule has 140 valence electrons. The maximum absolute atomic E-state index is 13.2. The molecule has 2 rings (SSSR count). The summed E-state index contributed by atoms with van der Waals surface area (Å²) in [6.45, 7) is 8.43. The molecule has 0 fully saturated rings. The van der Waals surface area contributed by atoms with E-state index in [-0.39, 0.29) is 11.3 Å². The number of rotatable bonds is 6. The van der Waals surface area contributed by atoms with Gasteiger partial charge in [0.15, 0.2) is 0 Å². The van der Waals surface area contributed by atoms with Crippen LogP contribution in [0, 0.1) is 5.41 Å². The Morgan fingerprint density at radius 1 is 1.19 bits per heavy atom. The zero-order chi connectivity index (χ0) is 19.5. The Morgan fingerprint density at radius 2 is 1.81 bits per heavy atom. The van der Waals surface area contributed by atoms with Crippen molar-refractivity contribution in [2.75, 3.05) is 14.1 Å². The zero-order valence-electron chi connectivity index (χ0n) is 16.5. The van der Waals surface area contributed by atoms with Gasteiger partial charge < -0.3 is 14.6 Å². The smallest absolute Gasteiger partial charge is 0.237 e. The van der Waals surface area contributed by atoms with Crippen molar-refractivity contribution < 1.29 is 9.21 Å². The van der Waals surface area contributed by atoms with E-state index in [0.717, 1.165) is 11.9 Å². The second-order valence-electron chi connectivity index (χ2n) is 7.81. The number of nitrogens with one attached hydrogen (secondary N) is 2. The maximum Gasteiger partial charge on any atom is 0.237 e. The van der Waals surface area contributed by atoms with E-state index in [2.05, 4.69) is 38.2 Å². The molecular weight excluding hydrogens is 326 g/mol. The van der Waals surface area contributed by atoms with E-state index in [1.165, 1.54) is 10.5 Å². The first kappa shape index (κ1) is 19.9. The molecule has 0 saturated carbocycles. The Morgan fingerprint density at radius 3 is 2.23 bits per heavy atom. The van der Waals surface area contributed by atoms with Gasteiger partial charge in [0.2, 0.25) is 5.91 Å². The predicted molar refractivity (Wildman–Crippen MR) is 105 cm³/mol. The van der Waals surface area contributed by atoms with E-state index in [9.17, 15) is 4.79 Å². The standard InChI is InChI=1S/C21H29N3O2/c1-20(2,3)16-11-9-15(10-12-16)18(19(25)24(6)14-22)21(4,23-5)17-8-7-13-26-17/h7-14,18,22-23H,1-6H3/t18-,21-/m1/s1. The third-order valence-corrected chi connectivity index (χ3v) is 5.03. The van der Waals surface area contributed by atoms with Gasteiger partial charge in [-0.05, 0) is 42.6 Å². The highest BCUT2D eigenvalue weighted by Gasteiger charge is 2.43. The molecule has 0 unspecified atom stereocenters. The van der Waals surface area contributed by atoms with Crippen molar-refractivity contribution in [3.63, 3.8) is 0 Å². The molecule has 5 heteroatoms. The van der Waals surface area contributed by atoms with Crippen LogP contribution in [-0.4, -0.2) is 31.2 Å². The Kier molecular flexibility index (Phi) is 5.71. The number of hydrogen-bond acceptors (Lipinski definition) is 4. The molecule has 2 N–H and O–H groups in total. The average molecular weight is 355 g/mol. The van der Waals surface area contributed by atoms with Gasteiger partial charge in [0.25, 0.3) is 0 Å². The summed E-state index contributed by atoms with van der Waals surface area (Å²) in [5.74, 6) is -0.0346. The van der Waals surface area contributed by atoms with Gasteiger partial charge in [0, 0.05) is 7.05 Å². The van der Waals surface area contributed by atoms with E-state index in [0.29, 0.717) is 5.76 Å². The zero-order valence-corrected chi connectivity index (χ0v) is 16.5. The van der Waals surface area contributed by atoms with E-state index >= 15 is 0 Å². The SMILES string of the molecule is CN[C@](C)(c1ccco1)[C@@H](C(=O)N(C)C=N)c1ccc(C(C)(C)C)cc1. The molecule has 1 aromatic heterocycles. The van der Waals surface area contributed by atoms with Crippen LogP contribution in [0.3, 0.4) is 0 Å². The molecule has 0 aliphatic carbocycles. The van der Waals surface area contributed by atoms with E-state index in [1.807, 2.05) is 38.2 Å². The molecule has 5 nitrogen and oxygen atoms in total. The number of likely N-dealkylation sites (N-methyl/N-ethyl adjacent to an activating group) is 2. The molecular formula is C21H29N3O2. The largest absolute Gasteiger partial charge is 0.467 e. The van der Waals surface area contributed by atoms with Crippen LogP contribution < -0.4 is 5.32 Å². The maximum atomic E-state index is 13.2. The summed E-state index contributed by atoms with van der Waals surface area (Å²) < 4.78 is 5.64. The van der Waals surface area contributed by atoms with Gasteiger partial charge >= 0.3 is 0 Å². The highest BCUT2D eigenvalue weighted by atomic mass is 16.3. The van der Waals surface area contributed by atoms with Crippen LogP contribution in [-0.2, 0) is 15.7 Å². The monoisotopic (exact) mass is 355 g/mol. The summed E-state index contributed by atoms with van der Waals surface area (Å²) in [4.78, 5) is 14.5. The summed E-state index contributed by atoms with van der Waals surface area (Å²) in [6, 6.07) is 11.8. The molecule has 0 aliphatic rings. The molecule has 0 bridgehead atoms. The highest BCUT2D eigenvalue weighted by molar-refractivity contribution is 5.92. The Bertz CT molecular complexity index is 745. The van der Waals surface area contributed by atoms with Crippen LogP contribution in [0.25, 0.3) is 0 Å². The molecule has 26 heavy (non-hydrogen) atoms. The Labute approximate surface area is 155 Å². The molecule has 1 aromatic carbocycles. The van der Waals surface area contributed by atoms with Gasteiger partial charge in [0.1, 0.15) is 5.76 Å². The first-order valence-electron chi connectivity index (χ1n) is 8.75. The molecule has 1 amide bonds. The van der Waals surface area contributed by atoms with Crippen molar-refractivity contribution in [1.29, 1.82) is 5.41 Å². The van der Waals surface area contributed by atoms with E-state index in [1.54, 1.807) is 13.3 Å². The van der Waals surface area contributed by atoms with Crippen molar-refractivity contribution in [3.8, 4) is 0 Å². The van der Waals surface area contributed by atoms with Gasteiger partial charge in [-0.3, -0.25) is 10.2 Å². The summed E-state index contributed by atoms with van der Waals surface area (Å²) in [7, 11) is 3.42. The fourth-order valence-electron chi connectivity index (χ4n) is 3.15. The summed E-state index contributed by atoms with van der Waals surface area (Å²) >= 11 is 0. The Hall–Kier alpha value is -2.40. The molecule has 2 aromatic rings. The van der Waals surface area contributed by atoms with Gasteiger partial charge in [0.05, 0.1) is 24.1 Å². The lowest BCUT2D eigenvalue weighted by Crippen LogP contribution is -2.49. The third-order valence-electron chi connectivity index (χ3n) is 5.03. The van der Waals surface area contributed by atoms with Crippen molar-refractivity contribution in [3.05, 3.63) is 59.5 Å². The van der Waals surface area contributed by atoms with E-state index < -0.39 is 11.5 Å². The number of furan rings is 1. The minimum Gasteiger partial charge on any atom is -0.467 e. The topological polar surface area (TPSA) is 69.3 Å². The number of carbonyl (C=O) groups is 1. The number of amides is 1. The predicted octanol–water partition coefficient (Wildman–Crippen LogP) is 3.86. The van der Waals surface area contributed by atoms with Crippen molar-refractivity contribution >= 4 is 12.2 Å². The molecule has 0 radical (unpaired) electrons. The van der Waals surface area contributed by atoms with Crippen LogP contribution in [0.15, 0.2) is 47.1 Å². The third kappa shape index (κ3) is 3.73. The summed E-state index contributed by atoms with van der Waals surface area (Å²) in [5.41, 5.74) is 1.38. The van der Waals surface area contributed by atoms with Crippen LogP contribution in [0.5, 0.6) is 0 Å². The molecule has 0 spiro atoms. The lowest BCUT2D eigenvalue weighted by atomic mass is 9.76. The molecule has 2 atom stereocenters. The molecule has 0 saturated heterocycles. The fourth-order valence-corrected chi connectivity index (χ4v) is 3.15. The number of nitrogens with zero attached hydrogens (tertiary/aromatic N) is 1. The quantitative estimate of drug-likeness (QED) is 0.611.